The molecule has 2 fully saturated rings. The molecule has 0 radical (unpaired) electrons. The highest BCUT2D eigenvalue weighted by Crippen LogP contribution is 2.33. The van der Waals surface area contributed by atoms with E-state index >= 15 is 0 Å². The number of anilines is 1. The summed E-state index contributed by atoms with van der Waals surface area (Å²) >= 11 is 3.16. The molecule has 116 valence electrons. The first-order valence-electron chi connectivity index (χ1n) is 7.25. The van der Waals surface area contributed by atoms with Crippen molar-refractivity contribution >= 4 is 50.4 Å². The molecule has 2 aromatic rings. The summed E-state index contributed by atoms with van der Waals surface area (Å²) in [7, 11) is 0. The van der Waals surface area contributed by atoms with Crippen LogP contribution in [0.15, 0.2) is 0 Å². The average Bonchev–Trinajstić information content (AvgIpc) is 3.21. The molecule has 0 unspecified atom stereocenters. The van der Waals surface area contributed by atoms with Gasteiger partial charge in [-0.05, 0) is 12.8 Å². The molecule has 0 aromatic carbocycles. The van der Waals surface area contributed by atoms with E-state index in [4.69, 9.17) is 0 Å². The Labute approximate surface area is 134 Å². The molecule has 2 N–H and O–H groups in total. The molecule has 2 amide bonds. The third kappa shape index (κ3) is 2.58. The fraction of sp³-hybridized carbons (Fsp3) is 0.538. The quantitative estimate of drug-likeness (QED) is 0.887. The van der Waals surface area contributed by atoms with E-state index in [1.807, 2.05) is 16.7 Å². The van der Waals surface area contributed by atoms with Gasteiger partial charge in [0.2, 0.25) is 5.91 Å². The lowest BCUT2D eigenvalue weighted by Gasteiger charge is -2.25. The van der Waals surface area contributed by atoms with Crippen LogP contribution in [-0.2, 0) is 4.79 Å². The topological polar surface area (TPSA) is 91.0 Å². The molecule has 0 atom stereocenters. The number of thioether (sulfide) groups is 1. The fourth-order valence-electron chi connectivity index (χ4n) is 2.38. The van der Waals surface area contributed by atoms with Crippen molar-refractivity contribution in [1.82, 2.24) is 20.1 Å². The molecule has 4 rings (SSSR count). The minimum Gasteiger partial charge on any atom is -0.336 e. The minimum atomic E-state index is -0.0599. The van der Waals surface area contributed by atoms with Gasteiger partial charge in [-0.25, -0.2) is 4.98 Å². The second-order valence-electron chi connectivity index (χ2n) is 5.44. The number of nitrogens with zero attached hydrogens (tertiary/aromatic N) is 3. The Hall–Kier alpha value is -1.61. The van der Waals surface area contributed by atoms with Crippen LogP contribution >= 0.6 is 23.1 Å². The van der Waals surface area contributed by atoms with E-state index in [0.29, 0.717) is 21.2 Å². The molecule has 1 saturated carbocycles. The molecule has 3 heterocycles. The number of carbonyl (C=O) groups is 2. The zero-order valence-electron chi connectivity index (χ0n) is 11.8. The first-order valence-corrected chi connectivity index (χ1v) is 9.22. The van der Waals surface area contributed by atoms with Crippen LogP contribution in [0.1, 0.15) is 23.3 Å². The Morgan fingerprint density at radius 3 is 2.77 bits per heavy atom. The number of hydrogen-bond donors (Lipinski definition) is 2. The number of nitrogens with one attached hydrogen (secondary N) is 2. The number of fused-ring (bicyclic) bond motifs is 1. The highest BCUT2D eigenvalue weighted by atomic mass is 32.2. The number of aromatic amines is 1. The SMILES string of the molecule is O=C(Nc1nc2[nH]nc(C(=O)N3CCSCC3)c2s1)C1CC1. The minimum absolute atomic E-state index is 0.0188. The van der Waals surface area contributed by atoms with Crippen molar-refractivity contribution in [3.63, 3.8) is 0 Å². The maximum atomic E-state index is 12.6. The van der Waals surface area contributed by atoms with E-state index in [-0.39, 0.29) is 17.7 Å². The fourth-order valence-corrected chi connectivity index (χ4v) is 4.19. The molecule has 7 nitrogen and oxygen atoms in total. The van der Waals surface area contributed by atoms with E-state index in [1.54, 1.807) is 0 Å². The van der Waals surface area contributed by atoms with Crippen LogP contribution in [0.5, 0.6) is 0 Å². The van der Waals surface area contributed by atoms with Crippen LogP contribution < -0.4 is 5.32 Å². The second kappa shape index (κ2) is 5.54. The highest BCUT2D eigenvalue weighted by Gasteiger charge is 2.31. The van der Waals surface area contributed by atoms with Gasteiger partial charge in [0.05, 0.1) is 0 Å². The summed E-state index contributed by atoms with van der Waals surface area (Å²) in [6, 6.07) is 0. The zero-order valence-corrected chi connectivity index (χ0v) is 13.4. The Bertz CT molecular complexity index is 730. The molecule has 2 aliphatic rings. The van der Waals surface area contributed by atoms with Gasteiger partial charge in [-0.15, -0.1) is 0 Å². The molecule has 1 aliphatic carbocycles. The molecule has 1 aliphatic heterocycles. The maximum Gasteiger partial charge on any atom is 0.275 e. The van der Waals surface area contributed by atoms with Crippen molar-refractivity contribution in [2.45, 2.75) is 12.8 Å². The maximum absolute atomic E-state index is 12.6. The second-order valence-corrected chi connectivity index (χ2v) is 7.66. The van der Waals surface area contributed by atoms with E-state index in [9.17, 15) is 9.59 Å². The lowest BCUT2D eigenvalue weighted by molar-refractivity contribution is -0.117. The summed E-state index contributed by atoms with van der Waals surface area (Å²) in [4.78, 5) is 30.5. The molecular formula is C13H15N5O2S2. The van der Waals surface area contributed by atoms with Crippen LogP contribution in [0.3, 0.4) is 0 Å². The Kier molecular flexibility index (Phi) is 3.53. The van der Waals surface area contributed by atoms with Gasteiger partial charge in [0.15, 0.2) is 16.5 Å². The van der Waals surface area contributed by atoms with E-state index in [2.05, 4.69) is 20.5 Å². The van der Waals surface area contributed by atoms with Gasteiger partial charge in [0.25, 0.3) is 5.91 Å². The summed E-state index contributed by atoms with van der Waals surface area (Å²) in [6.45, 7) is 1.50. The molecule has 22 heavy (non-hydrogen) atoms. The smallest absolute Gasteiger partial charge is 0.275 e. The van der Waals surface area contributed by atoms with Crippen molar-refractivity contribution in [2.75, 3.05) is 29.9 Å². The summed E-state index contributed by atoms with van der Waals surface area (Å²) in [5, 5.41) is 10.3. The van der Waals surface area contributed by atoms with Crippen LogP contribution in [0, 0.1) is 5.92 Å². The lowest BCUT2D eigenvalue weighted by atomic mass is 10.3. The number of H-pyrrole nitrogens is 1. The lowest BCUT2D eigenvalue weighted by Crippen LogP contribution is -2.38. The normalized spacial score (nSPS) is 18.6. The van der Waals surface area contributed by atoms with Gasteiger partial charge >= 0.3 is 0 Å². The van der Waals surface area contributed by atoms with Gasteiger partial charge < -0.3 is 10.2 Å². The molecule has 0 spiro atoms. The molecule has 1 saturated heterocycles. The Morgan fingerprint density at radius 1 is 1.27 bits per heavy atom. The van der Waals surface area contributed by atoms with Crippen molar-refractivity contribution in [1.29, 1.82) is 0 Å². The highest BCUT2D eigenvalue weighted by molar-refractivity contribution is 7.99. The van der Waals surface area contributed by atoms with Crippen molar-refractivity contribution in [3.8, 4) is 0 Å². The van der Waals surface area contributed by atoms with Crippen molar-refractivity contribution < 1.29 is 9.59 Å². The summed E-state index contributed by atoms with van der Waals surface area (Å²) in [5.74, 6) is 2.02. The van der Waals surface area contributed by atoms with Crippen LogP contribution in [0.25, 0.3) is 10.3 Å². The van der Waals surface area contributed by atoms with Crippen molar-refractivity contribution in [2.24, 2.45) is 5.92 Å². The summed E-state index contributed by atoms with van der Waals surface area (Å²) in [5.41, 5.74) is 0.970. The molecule has 2 aromatic heterocycles. The molecular weight excluding hydrogens is 322 g/mol. The monoisotopic (exact) mass is 337 g/mol. The van der Waals surface area contributed by atoms with Gasteiger partial charge in [-0.2, -0.15) is 16.9 Å². The average molecular weight is 337 g/mol. The van der Waals surface area contributed by atoms with E-state index in [1.165, 1.54) is 11.3 Å². The molecule has 0 bridgehead atoms. The third-order valence-corrected chi connectivity index (χ3v) is 5.72. The predicted molar refractivity (Wildman–Crippen MR) is 86.3 cm³/mol. The third-order valence-electron chi connectivity index (χ3n) is 3.79. The van der Waals surface area contributed by atoms with E-state index < -0.39 is 0 Å². The van der Waals surface area contributed by atoms with Gasteiger partial charge in [0, 0.05) is 30.5 Å². The van der Waals surface area contributed by atoms with E-state index in [0.717, 1.165) is 37.4 Å². The standard InChI is InChI=1S/C13H15N5O2S2/c19-11(7-1-2-7)15-13-14-10-9(22-13)8(16-17-10)12(20)18-3-5-21-6-4-18/h7H,1-6H2,(H2,14,15,16,17,19). The van der Waals surface area contributed by atoms with Crippen LogP contribution in [0.4, 0.5) is 5.13 Å². The first-order chi connectivity index (χ1) is 10.7. The number of rotatable bonds is 3. The zero-order chi connectivity index (χ0) is 15.1. The van der Waals surface area contributed by atoms with Gasteiger partial charge in [0.1, 0.15) is 4.70 Å². The summed E-state index contributed by atoms with van der Waals surface area (Å²) < 4.78 is 0.717. The summed E-state index contributed by atoms with van der Waals surface area (Å²) in [6.07, 6.45) is 1.90. The van der Waals surface area contributed by atoms with Crippen LogP contribution in [-0.4, -0.2) is 56.5 Å². The number of aromatic nitrogens is 3. The van der Waals surface area contributed by atoms with Crippen LogP contribution in [0.2, 0.25) is 0 Å². The number of amides is 2. The predicted octanol–water partition coefficient (Wildman–Crippen LogP) is 1.56. The van der Waals surface area contributed by atoms with Gasteiger partial charge in [-0.1, -0.05) is 11.3 Å². The van der Waals surface area contributed by atoms with Crippen molar-refractivity contribution in [3.05, 3.63) is 5.69 Å². The molecule has 9 heteroatoms. The van der Waals surface area contributed by atoms with Gasteiger partial charge in [-0.3, -0.25) is 14.7 Å². The number of thiazole rings is 1. The number of hydrogen-bond acceptors (Lipinski definition) is 6. The Morgan fingerprint density at radius 2 is 2.05 bits per heavy atom. The largest absolute Gasteiger partial charge is 0.336 e. The first kappa shape index (κ1) is 14.0. The Balaban J connectivity index is 1.57. The number of carbonyl (C=O) groups excluding carboxylic acids is 2.